The zero-order valence-corrected chi connectivity index (χ0v) is 16.5. The molecule has 0 bridgehead atoms. The van der Waals surface area contributed by atoms with Crippen LogP contribution >= 0.6 is 15.9 Å². The first kappa shape index (κ1) is 18.9. The fraction of sp³-hybridized carbons (Fsp3) is 0.353. The highest BCUT2D eigenvalue weighted by molar-refractivity contribution is 9.10. The Morgan fingerprint density at radius 3 is 2.17 bits per heavy atom. The van der Waals surface area contributed by atoms with Gasteiger partial charge in [0.1, 0.15) is 10.7 Å². The predicted octanol–water partition coefficient (Wildman–Crippen LogP) is 3.51. The number of hydrogen-bond acceptors (Lipinski definition) is 4. The van der Waals surface area contributed by atoms with Crippen molar-refractivity contribution in [3.8, 4) is 0 Å². The molecule has 7 heteroatoms. The maximum atomic E-state index is 12.5. The van der Waals surface area contributed by atoms with Gasteiger partial charge in [0, 0.05) is 37.4 Å². The van der Waals surface area contributed by atoms with E-state index in [0.717, 1.165) is 15.9 Å². The van der Waals surface area contributed by atoms with Gasteiger partial charge in [-0.25, -0.2) is 13.4 Å². The van der Waals surface area contributed by atoms with Crippen molar-refractivity contribution in [1.82, 2.24) is 9.29 Å². The Labute approximate surface area is 152 Å². The highest BCUT2D eigenvalue weighted by Crippen LogP contribution is 2.19. The molecule has 0 N–H and O–H groups in total. The minimum Gasteiger partial charge on any atom is -0.355 e. The lowest BCUT2D eigenvalue weighted by Crippen LogP contribution is -2.30. The zero-order valence-electron chi connectivity index (χ0n) is 14.1. The lowest BCUT2D eigenvalue weighted by Gasteiger charge is -2.20. The van der Waals surface area contributed by atoms with Crippen molar-refractivity contribution < 1.29 is 8.42 Å². The summed E-state index contributed by atoms with van der Waals surface area (Å²) in [5.41, 5.74) is 1.15. The van der Waals surface area contributed by atoms with Gasteiger partial charge in [-0.1, -0.05) is 41.9 Å². The number of hydrogen-bond donors (Lipinski definition) is 0. The Morgan fingerprint density at radius 2 is 1.67 bits per heavy atom. The van der Waals surface area contributed by atoms with Gasteiger partial charge in [0.2, 0.25) is 10.0 Å². The number of benzene rings is 1. The molecule has 2 rings (SSSR count). The van der Waals surface area contributed by atoms with Crippen LogP contribution in [0.5, 0.6) is 0 Å². The summed E-state index contributed by atoms with van der Waals surface area (Å²) < 4.78 is 27.4. The lowest BCUT2D eigenvalue weighted by atomic mass is 10.2. The molecule has 0 aliphatic rings. The van der Waals surface area contributed by atoms with E-state index in [1.807, 2.05) is 50.1 Å². The van der Waals surface area contributed by atoms with Crippen LogP contribution in [-0.2, 0) is 16.6 Å². The Morgan fingerprint density at radius 1 is 1.04 bits per heavy atom. The Bertz CT molecular complexity index is 757. The van der Waals surface area contributed by atoms with Crippen LogP contribution in [0.4, 0.5) is 5.82 Å². The standard InChI is InChI=1S/C17H22BrN3O2S/c1-4-21(5-2)24(22,23)16-10-11-17(19-12-16)20(3)13-14-6-8-15(18)9-7-14/h6-12H,4-5,13H2,1-3H3. The molecule has 0 spiro atoms. The van der Waals surface area contributed by atoms with E-state index in [4.69, 9.17) is 0 Å². The summed E-state index contributed by atoms with van der Waals surface area (Å²) in [7, 11) is -1.53. The molecular formula is C17H22BrN3O2S. The molecule has 0 saturated carbocycles. The monoisotopic (exact) mass is 411 g/mol. The second-order valence-corrected chi connectivity index (χ2v) is 8.28. The Kier molecular flexibility index (Phi) is 6.37. The molecule has 24 heavy (non-hydrogen) atoms. The van der Waals surface area contributed by atoms with E-state index < -0.39 is 10.0 Å². The largest absolute Gasteiger partial charge is 0.355 e. The molecule has 0 radical (unpaired) electrons. The Hall–Kier alpha value is -1.44. The summed E-state index contributed by atoms with van der Waals surface area (Å²) in [4.78, 5) is 6.53. The van der Waals surface area contributed by atoms with E-state index in [1.54, 1.807) is 12.1 Å². The molecule has 0 saturated heterocycles. The number of halogens is 1. The molecular weight excluding hydrogens is 390 g/mol. The third-order valence-electron chi connectivity index (χ3n) is 3.79. The number of rotatable bonds is 7. The molecule has 0 unspecified atom stereocenters. The summed E-state index contributed by atoms with van der Waals surface area (Å²) in [5.74, 6) is 0.733. The van der Waals surface area contributed by atoms with E-state index in [9.17, 15) is 8.42 Å². The average molecular weight is 412 g/mol. The Balaban J connectivity index is 2.15. The van der Waals surface area contributed by atoms with Gasteiger partial charge in [-0.3, -0.25) is 0 Å². The minimum atomic E-state index is -3.46. The number of anilines is 1. The highest BCUT2D eigenvalue weighted by atomic mass is 79.9. The van der Waals surface area contributed by atoms with E-state index in [1.165, 1.54) is 10.5 Å². The topological polar surface area (TPSA) is 53.5 Å². The normalized spacial score (nSPS) is 11.7. The van der Waals surface area contributed by atoms with Gasteiger partial charge < -0.3 is 4.90 Å². The molecule has 0 amide bonds. The van der Waals surface area contributed by atoms with Crippen molar-refractivity contribution in [3.05, 3.63) is 52.6 Å². The van der Waals surface area contributed by atoms with E-state index in [0.29, 0.717) is 19.6 Å². The average Bonchev–Trinajstić information content (AvgIpc) is 2.58. The van der Waals surface area contributed by atoms with Gasteiger partial charge in [0.05, 0.1) is 0 Å². The second kappa shape index (κ2) is 8.09. The molecule has 1 aromatic carbocycles. The molecule has 1 aromatic heterocycles. The lowest BCUT2D eigenvalue weighted by molar-refractivity contribution is 0.445. The SMILES string of the molecule is CCN(CC)S(=O)(=O)c1ccc(N(C)Cc2ccc(Br)cc2)nc1. The molecule has 0 fully saturated rings. The fourth-order valence-electron chi connectivity index (χ4n) is 2.41. The highest BCUT2D eigenvalue weighted by Gasteiger charge is 2.22. The smallest absolute Gasteiger partial charge is 0.244 e. The third kappa shape index (κ3) is 4.34. The zero-order chi connectivity index (χ0) is 17.7. The van der Waals surface area contributed by atoms with Crippen molar-refractivity contribution in [2.45, 2.75) is 25.3 Å². The van der Waals surface area contributed by atoms with Gasteiger partial charge in [-0.2, -0.15) is 4.31 Å². The van der Waals surface area contributed by atoms with Gasteiger partial charge in [0.25, 0.3) is 0 Å². The molecule has 1 heterocycles. The number of sulfonamides is 1. The summed E-state index contributed by atoms with van der Waals surface area (Å²) in [5, 5.41) is 0. The van der Waals surface area contributed by atoms with Crippen LogP contribution < -0.4 is 4.90 Å². The number of pyridine rings is 1. The van der Waals surface area contributed by atoms with E-state index in [-0.39, 0.29) is 4.90 Å². The first-order valence-electron chi connectivity index (χ1n) is 7.80. The van der Waals surface area contributed by atoms with Gasteiger partial charge in [-0.15, -0.1) is 0 Å². The van der Waals surface area contributed by atoms with Crippen molar-refractivity contribution in [1.29, 1.82) is 0 Å². The minimum absolute atomic E-state index is 0.229. The molecule has 0 aliphatic carbocycles. The van der Waals surface area contributed by atoms with Crippen molar-refractivity contribution in [2.75, 3.05) is 25.0 Å². The molecule has 130 valence electrons. The number of aromatic nitrogens is 1. The van der Waals surface area contributed by atoms with Crippen LogP contribution in [-0.4, -0.2) is 37.8 Å². The van der Waals surface area contributed by atoms with Crippen LogP contribution in [0.25, 0.3) is 0 Å². The van der Waals surface area contributed by atoms with Crippen molar-refractivity contribution >= 4 is 31.8 Å². The first-order valence-corrected chi connectivity index (χ1v) is 10.0. The molecule has 0 atom stereocenters. The molecule has 5 nitrogen and oxygen atoms in total. The maximum absolute atomic E-state index is 12.5. The quantitative estimate of drug-likeness (QED) is 0.699. The van der Waals surface area contributed by atoms with Crippen LogP contribution in [0.2, 0.25) is 0 Å². The van der Waals surface area contributed by atoms with Crippen molar-refractivity contribution in [2.24, 2.45) is 0 Å². The third-order valence-corrected chi connectivity index (χ3v) is 6.35. The second-order valence-electron chi connectivity index (χ2n) is 5.42. The van der Waals surface area contributed by atoms with Crippen LogP contribution in [0.1, 0.15) is 19.4 Å². The fourth-order valence-corrected chi connectivity index (χ4v) is 4.08. The summed E-state index contributed by atoms with van der Waals surface area (Å²) in [6.45, 7) is 5.25. The molecule has 0 aliphatic heterocycles. The van der Waals surface area contributed by atoms with Crippen molar-refractivity contribution in [3.63, 3.8) is 0 Å². The predicted molar refractivity (Wildman–Crippen MR) is 101 cm³/mol. The first-order chi connectivity index (χ1) is 11.4. The summed E-state index contributed by atoms with van der Waals surface area (Å²) in [6, 6.07) is 11.4. The van der Waals surface area contributed by atoms with E-state index >= 15 is 0 Å². The van der Waals surface area contributed by atoms with Gasteiger partial charge in [0.15, 0.2) is 0 Å². The maximum Gasteiger partial charge on any atom is 0.244 e. The van der Waals surface area contributed by atoms with E-state index in [2.05, 4.69) is 20.9 Å². The van der Waals surface area contributed by atoms with Gasteiger partial charge >= 0.3 is 0 Å². The van der Waals surface area contributed by atoms with Crippen LogP contribution in [0.15, 0.2) is 52.0 Å². The summed E-state index contributed by atoms with van der Waals surface area (Å²) >= 11 is 3.42. The summed E-state index contributed by atoms with van der Waals surface area (Å²) in [6.07, 6.45) is 1.43. The molecule has 2 aromatic rings. The van der Waals surface area contributed by atoms with Gasteiger partial charge in [-0.05, 0) is 29.8 Å². The number of nitrogens with zero attached hydrogens (tertiary/aromatic N) is 3. The van der Waals surface area contributed by atoms with Crippen LogP contribution in [0, 0.1) is 0 Å². The van der Waals surface area contributed by atoms with Crippen LogP contribution in [0.3, 0.4) is 0 Å².